The monoisotopic (exact) mass is 231 g/mol. The summed E-state index contributed by atoms with van der Waals surface area (Å²) in [6, 6.07) is 2.09. The Hall–Kier alpha value is -1.51. The standard InChI is InChI=1S/C14H21N3/c1-4-6-11-10(3)17(9-5-2)13-12(11)7-8-16-14(13)15/h7-8H,4-6,9H2,1-3H3,(H2,15,16). The number of nitrogens with two attached hydrogens (primary N) is 1. The van der Waals surface area contributed by atoms with Crippen molar-refractivity contribution in [3.8, 4) is 0 Å². The van der Waals surface area contributed by atoms with Crippen LogP contribution in [-0.4, -0.2) is 9.55 Å². The lowest BCUT2D eigenvalue weighted by atomic mass is 10.1. The minimum Gasteiger partial charge on any atom is -0.382 e. The van der Waals surface area contributed by atoms with Crippen LogP contribution in [0.4, 0.5) is 5.82 Å². The van der Waals surface area contributed by atoms with Crippen LogP contribution in [0.15, 0.2) is 12.3 Å². The first-order chi connectivity index (χ1) is 8.20. The lowest BCUT2D eigenvalue weighted by Crippen LogP contribution is -2.02. The first-order valence-electron chi connectivity index (χ1n) is 6.42. The second kappa shape index (κ2) is 4.78. The highest BCUT2D eigenvalue weighted by molar-refractivity contribution is 5.92. The van der Waals surface area contributed by atoms with Crippen LogP contribution in [0.3, 0.4) is 0 Å². The van der Waals surface area contributed by atoms with E-state index in [0.29, 0.717) is 5.82 Å². The van der Waals surface area contributed by atoms with Crippen LogP contribution in [0.1, 0.15) is 37.9 Å². The van der Waals surface area contributed by atoms with E-state index in [0.717, 1.165) is 31.3 Å². The van der Waals surface area contributed by atoms with E-state index >= 15 is 0 Å². The molecule has 2 aromatic heterocycles. The van der Waals surface area contributed by atoms with Crippen molar-refractivity contribution in [2.45, 2.75) is 46.6 Å². The van der Waals surface area contributed by atoms with Gasteiger partial charge >= 0.3 is 0 Å². The number of nitrogen functional groups attached to an aromatic ring is 1. The van der Waals surface area contributed by atoms with Crippen LogP contribution < -0.4 is 5.73 Å². The van der Waals surface area contributed by atoms with Crippen molar-refractivity contribution < 1.29 is 0 Å². The third-order valence-electron chi connectivity index (χ3n) is 3.34. The molecule has 2 N–H and O–H groups in total. The van der Waals surface area contributed by atoms with Gasteiger partial charge in [0.1, 0.15) is 5.82 Å². The van der Waals surface area contributed by atoms with E-state index in [2.05, 4.69) is 36.4 Å². The van der Waals surface area contributed by atoms with Gasteiger partial charge in [-0.2, -0.15) is 0 Å². The molecule has 0 aromatic carbocycles. The second-order valence-electron chi connectivity index (χ2n) is 4.56. The number of anilines is 1. The highest BCUT2D eigenvalue weighted by Gasteiger charge is 2.15. The van der Waals surface area contributed by atoms with Crippen LogP contribution in [0, 0.1) is 6.92 Å². The molecule has 2 heterocycles. The summed E-state index contributed by atoms with van der Waals surface area (Å²) in [7, 11) is 0. The Kier molecular flexibility index (Phi) is 3.36. The van der Waals surface area contributed by atoms with Crippen molar-refractivity contribution in [1.29, 1.82) is 0 Å². The number of hydrogen-bond acceptors (Lipinski definition) is 2. The van der Waals surface area contributed by atoms with Crippen molar-refractivity contribution in [2.24, 2.45) is 0 Å². The maximum absolute atomic E-state index is 6.03. The van der Waals surface area contributed by atoms with Gasteiger partial charge in [0.25, 0.3) is 0 Å². The van der Waals surface area contributed by atoms with Gasteiger partial charge < -0.3 is 10.3 Å². The van der Waals surface area contributed by atoms with Crippen LogP contribution in [0.5, 0.6) is 0 Å². The molecule has 0 aliphatic rings. The highest BCUT2D eigenvalue weighted by atomic mass is 15.0. The van der Waals surface area contributed by atoms with Gasteiger partial charge in [-0.05, 0) is 31.4 Å². The molecule has 0 spiro atoms. The molecule has 0 saturated heterocycles. The Morgan fingerprint density at radius 2 is 2.06 bits per heavy atom. The number of pyridine rings is 1. The second-order valence-corrected chi connectivity index (χ2v) is 4.56. The average molecular weight is 231 g/mol. The molecule has 3 nitrogen and oxygen atoms in total. The fourth-order valence-electron chi connectivity index (χ4n) is 2.59. The average Bonchev–Trinajstić information content (AvgIpc) is 2.57. The summed E-state index contributed by atoms with van der Waals surface area (Å²) in [5.41, 5.74) is 9.94. The Morgan fingerprint density at radius 3 is 2.71 bits per heavy atom. The van der Waals surface area contributed by atoms with Gasteiger partial charge in [0.2, 0.25) is 0 Å². The minimum absolute atomic E-state index is 0.654. The number of fused-ring (bicyclic) bond motifs is 1. The first-order valence-corrected chi connectivity index (χ1v) is 6.42. The van der Waals surface area contributed by atoms with Crippen LogP contribution in [0.25, 0.3) is 10.9 Å². The molecule has 92 valence electrons. The summed E-state index contributed by atoms with van der Waals surface area (Å²) >= 11 is 0. The number of nitrogens with zero attached hydrogens (tertiary/aromatic N) is 2. The van der Waals surface area contributed by atoms with Crippen molar-refractivity contribution in [3.63, 3.8) is 0 Å². The highest BCUT2D eigenvalue weighted by Crippen LogP contribution is 2.29. The molecule has 0 atom stereocenters. The third-order valence-corrected chi connectivity index (χ3v) is 3.34. The number of aryl methyl sites for hydroxylation is 2. The summed E-state index contributed by atoms with van der Waals surface area (Å²) in [5, 5.41) is 1.28. The quantitative estimate of drug-likeness (QED) is 0.877. The normalized spacial score (nSPS) is 11.2. The molecular formula is C14H21N3. The molecule has 0 radical (unpaired) electrons. The van der Waals surface area contributed by atoms with Crippen LogP contribution in [0.2, 0.25) is 0 Å². The SMILES string of the molecule is CCCc1c(C)n(CCC)c2c(N)nccc12. The first kappa shape index (κ1) is 12.0. The third kappa shape index (κ3) is 1.90. The molecule has 3 heteroatoms. The van der Waals surface area contributed by atoms with Gasteiger partial charge in [0, 0.05) is 23.8 Å². The molecule has 0 unspecified atom stereocenters. The minimum atomic E-state index is 0.654. The fourth-order valence-corrected chi connectivity index (χ4v) is 2.59. The maximum Gasteiger partial charge on any atom is 0.147 e. The fraction of sp³-hybridized carbons (Fsp3) is 0.500. The lowest BCUT2D eigenvalue weighted by molar-refractivity contribution is 0.680. The van der Waals surface area contributed by atoms with E-state index in [-0.39, 0.29) is 0 Å². The molecule has 0 amide bonds. The predicted octanol–water partition coefficient (Wildman–Crippen LogP) is 3.29. The molecule has 0 bridgehead atoms. The zero-order valence-electron chi connectivity index (χ0n) is 11.0. The summed E-state index contributed by atoms with van der Waals surface area (Å²) in [6.45, 7) is 7.62. The van der Waals surface area contributed by atoms with Gasteiger partial charge in [-0.15, -0.1) is 0 Å². The molecule has 2 rings (SSSR count). The topological polar surface area (TPSA) is 43.8 Å². The number of hydrogen-bond donors (Lipinski definition) is 1. The predicted molar refractivity (Wildman–Crippen MR) is 73.2 cm³/mol. The number of rotatable bonds is 4. The Labute approximate surface area is 103 Å². The smallest absolute Gasteiger partial charge is 0.147 e. The molecule has 0 fully saturated rings. The van der Waals surface area contributed by atoms with E-state index in [1.807, 2.05) is 6.20 Å². The van der Waals surface area contributed by atoms with Gasteiger partial charge in [-0.1, -0.05) is 20.3 Å². The Bertz CT molecular complexity index is 526. The Morgan fingerprint density at radius 1 is 1.29 bits per heavy atom. The van der Waals surface area contributed by atoms with Crippen molar-refractivity contribution in [3.05, 3.63) is 23.5 Å². The van der Waals surface area contributed by atoms with E-state index in [1.54, 1.807) is 0 Å². The van der Waals surface area contributed by atoms with Gasteiger partial charge in [-0.25, -0.2) is 4.98 Å². The summed E-state index contributed by atoms with van der Waals surface area (Å²) in [6.07, 6.45) is 5.20. The van der Waals surface area contributed by atoms with Gasteiger partial charge in [-0.3, -0.25) is 0 Å². The molecule has 0 aliphatic heterocycles. The molecule has 0 saturated carbocycles. The van der Waals surface area contributed by atoms with E-state index in [4.69, 9.17) is 5.73 Å². The molecule has 0 aliphatic carbocycles. The maximum atomic E-state index is 6.03. The zero-order chi connectivity index (χ0) is 12.4. The molecular weight excluding hydrogens is 210 g/mol. The summed E-state index contributed by atoms with van der Waals surface area (Å²) in [5.74, 6) is 0.654. The largest absolute Gasteiger partial charge is 0.382 e. The van der Waals surface area contributed by atoms with Crippen molar-refractivity contribution in [1.82, 2.24) is 9.55 Å². The van der Waals surface area contributed by atoms with Crippen LogP contribution in [-0.2, 0) is 13.0 Å². The zero-order valence-corrected chi connectivity index (χ0v) is 11.0. The summed E-state index contributed by atoms with van der Waals surface area (Å²) < 4.78 is 2.32. The lowest BCUT2D eigenvalue weighted by Gasteiger charge is -2.07. The molecule has 2 aromatic rings. The summed E-state index contributed by atoms with van der Waals surface area (Å²) in [4.78, 5) is 4.22. The molecule has 17 heavy (non-hydrogen) atoms. The van der Waals surface area contributed by atoms with Gasteiger partial charge in [0.05, 0.1) is 5.52 Å². The van der Waals surface area contributed by atoms with Crippen molar-refractivity contribution in [2.75, 3.05) is 5.73 Å². The van der Waals surface area contributed by atoms with E-state index in [9.17, 15) is 0 Å². The van der Waals surface area contributed by atoms with E-state index in [1.165, 1.54) is 16.6 Å². The van der Waals surface area contributed by atoms with Crippen molar-refractivity contribution >= 4 is 16.7 Å². The van der Waals surface area contributed by atoms with Crippen LogP contribution >= 0.6 is 0 Å². The van der Waals surface area contributed by atoms with Gasteiger partial charge in [0.15, 0.2) is 0 Å². The van der Waals surface area contributed by atoms with E-state index < -0.39 is 0 Å². The number of aromatic nitrogens is 2. The Balaban J connectivity index is 2.74.